The highest BCUT2D eigenvalue weighted by Gasteiger charge is 2.30. The number of carbonyl (C=O) groups excluding carboxylic acids is 4. The van der Waals surface area contributed by atoms with Crippen molar-refractivity contribution in [3.05, 3.63) is 0 Å². The molecular formula is C67H130O17P2. The van der Waals surface area contributed by atoms with Crippen molar-refractivity contribution in [1.82, 2.24) is 0 Å². The van der Waals surface area contributed by atoms with Gasteiger partial charge < -0.3 is 33.8 Å². The van der Waals surface area contributed by atoms with Crippen molar-refractivity contribution in [2.45, 2.75) is 361 Å². The second kappa shape index (κ2) is 60.6. The Balaban J connectivity index is 5.23. The summed E-state index contributed by atoms with van der Waals surface area (Å²) in [4.78, 5) is 72.3. The lowest BCUT2D eigenvalue weighted by Gasteiger charge is -2.21. The van der Waals surface area contributed by atoms with Crippen molar-refractivity contribution in [3.8, 4) is 0 Å². The summed E-state index contributed by atoms with van der Waals surface area (Å²) in [5.74, 6) is -1.45. The first kappa shape index (κ1) is 84.1. The van der Waals surface area contributed by atoms with E-state index in [4.69, 9.17) is 37.0 Å². The number of unbranched alkanes of at least 4 members (excludes halogenated alkanes) is 39. The summed E-state index contributed by atoms with van der Waals surface area (Å²) < 4.78 is 68.1. The van der Waals surface area contributed by atoms with Gasteiger partial charge in [-0.25, -0.2) is 9.13 Å². The average Bonchev–Trinajstić information content (AvgIpc) is 3.70. The minimum atomic E-state index is -4.95. The number of rotatable bonds is 67. The van der Waals surface area contributed by atoms with Gasteiger partial charge >= 0.3 is 39.5 Å². The summed E-state index contributed by atoms with van der Waals surface area (Å²) in [6, 6.07) is 0. The Hall–Kier alpha value is -1.94. The average molecular weight is 1270 g/mol. The molecule has 19 heteroatoms. The van der Waals surface area contributed by atoms with Crippen LogP contribution in [-0.2, 0) is 65.4 Å². The van der Waals surface area contributed by atoms with Crippen LogP contribution in [0.25, 0.3) is 0 Å². The van der Waals surface area contributed by atoms with Crippen molar-refractivity contribution >= 4 is 39.5 Å². The fourth-order valence-electron chi connectivity index (χ4n) is 10.1. The van der Waals surface area contributed by atoms with Crippen LogP contribution in [0.4, 0.5) is 0 Å². The number of ether oxygens (including phenoxy) is 4. The summed E-state index contributed by atoms with van der Waals surface area (Å²) in [5.41, 5.74) is 0. The van der Waals surface area contributed by atoms with E-state index in [1.54, 1.807) is 0 Å². The molecule has 0 aromatic heterocycles. The molecule has 0 fully saturated rings. The molecule has 0 aliphatic carbocycles. The van der Waals surface area contributed by atoms with E-state index in [0.717, 1.165) is 96.3 Å². The topological polar surface area (TPSA) is 237 Å². The number of phosphoric acid groups is 2. The number of aliphatic hydroxyl groups excluding tert-OH is 1. The van der Waals surface area contributed by atoms with E-state index in [1.165, 1.54) is 161 Å². The summed E-state index contributed by atoms with van der Waals surface area (Å²) in [5, 5.41) is 10.6. The molecule has 3 N–H and O–H groups in total. The van der Waals surface area contributed by atoms with E-state index in [2.05, 4.69) is 34.6 Å². The molecule has 0 aromatic rings. The third-order valence-corrected chi connectivity index (χ3v) is 17.4. The van der Waals surface area contributed by atoms with Gasteiger partial charge in [0, 0.05) is 25.7 Å². The monoisotopic (exact) mass is 1270 g/mol. The minimum Gasteiger partial charge on any atom is -0.462 e. The Labute approximate surface area is 524 Å². The van der Waals surface area contributed by atoms with Crippen molar-refractivity contribution in [1.29, 1.82) is 0 Å². The lowest BCUT2D eigenvalue weighted by Crippen LogP contribution is -2.30. The molecule has 2 unspecified atom stereocenters. The van der Waals surface area contributed by atoms with E-state index in [-0.39, 0.29) is 25.7 Å². The van der Waals surface area contributed by atoms with Gasteiger partial charge in [-0.3, -0.25) is 37.3 Å². The zero-order valence-corrected chi connectivity index (χ0v) is 57.2. The van der Waals surface area contributed by atoms with Gasteiger partial charge in [0.1, 0.15) is 19.3 Å². The number of hydrogen-bond donors (Lipinski definition) is 3. The maximum Gasteiger partial charge on any atom is 0.472 e. The van der Waals surface area contributed by atoms with E-state index in [0.29, 0.717) is 31.6 Å². The number of hydrogen-bond acceptors (Lipinski definition) is 15. The van der Waals surface area contributed by atoms with Gasteiger partial charge in [-0.15, -0.1) is 0 Å². The summed E-state index contributed by atoms with van der Waals surface area (Å²) in [6.45, 7) is 7.13. The van der Waals surface area contributed by atoms with Gasteiger partial charge in [-0.05, 0) is 31.6 Å². The van der Waals surface area contributed by atoms with Crippen LogP contribution in [0, 0.1) is 5.92 Å². The number of carbonyl (C=O) groups is 4. The molecular weight excluding hydrogens is 1140 g/mol. The maximum absolute atomic E-state index is 13.0. The highest BCUT2D eigenvalue weighted by molar-refractivity contribution is 7.47. The molecule has 0 aromatic carbocycles. The predicted molar refractivity (Wildman–Crippen MR) is 345 cm³/mol. The normalized spacial score (nSPS) is 14.2. The van der Waals surface area contributed by atoms with Gasteiger partial charge in [0.2, 0.25) is 0 Å². The molecule has 86 heavy (non-hydrogen) atoms. The van der Waals surface area contributed by atoms with E-state index < -0.39 is 97.5 Å². The van der Waals surface area contributed by atoms with Crippen molar-refractivity contribution in [2.75, 3.05) is 39.6 Å². The first-order valence-corrected chi connectivity index (χ1v) is 38.1. The first-order valence-electron chi connectivity index (χ1n) is 35.1. The largest absolute Gasteiger partial charge is 0.472 e. The van der Waals surface area contributed by atoms with Crippen LogP contribution < -0.4 is 0 Å². The molecule has 0 aliphatic rings. The summed E-state index contributed by atoms with van der Waals surface area (Å²) in [7, 11) is -9.89. The molecule has 0 radical (unpaired) electrons. The number of phosphoric ester groups is 2. The molecule has 0 rings (SSSR count). The SMILES string of the molecule is CCCCCCCCCCCCCCCCCC(=O)O[C@H](COC(=O)CCCCCCCCCCCCCC)COP(=O)(O)OC[C@@H](O)COP(=O)(O)OC[C@@H](COC(=O)CCCCCCCCC(C)C)OC(=O)CCCCCCCCCCCC. The smallest absolute Gasteiger partial charge is 0.462 e. The van der Waals surface area contributed by atoms with E-state index in [9.17, 15) is 43.2 Å². The van der Waals surface area contributed by atoms with Gasteiger partial charge in [0.25, 0.3) is 0 Å². The third-order valence-electron chi connectivity index (χ3n) is 15.5. The Kier molecular flexibility index (Phi) is 59.2. The molecule has 0 amide bonds. The molecule has 0 saturated carbocycles. The molecule has 0 heterocycles. The molecule has 0 saturated heterocycles. The summed E-state index contributed by atoms with van der Waals surface area (Å²) >= 11 is 0. The Morgan fingerprint density at radius 1 is 0.314 bits per heavy atom. The standard InChI is InChI=1S/C67H130O17P2/c1-6-9-12-15-18-21-24-26-27-28-30-33-36-43-48-53-67(72)83-62(56-77-64(69)50-45-40-34-32-29-25-22-19-16-13-10-7-2)58-81-85(73,74)79-54-61(68)55-80-86(75,76)82-59-63(57-78-65(70)51-46-41-38-37-39-44-49-60(4)5)84-66(71)52-47-42-35-31-23-20-17-14-11-8-3/h60-63,68H,6-59H2,1-5H3,(H,73,74)(H,75,76)/t61-,62-,63-/m1/s1. The van der Waals surface area contributed by atoms with Crippen molar-refractivity contribution in [3.63, 3.8) is 0 Å². The minimum absolute atomic E-state index is 0.106. The highest BCUT2D eigenvalue weighted by atomic mass is 31.2. The molecule has 17 nitrogen and oxygen atoms in total. The van der Waals surface area contributed by atoms with Crippen molar-refractivity contribution < 1.29 is 80.2 Å². The number of aliphatic hydroxyl groups is 1. The predicted octanol–water partition coefficient (Wildman–Crippen LogP) is 19.0. The molecule has 5 atom stereocenters. The lowest BCUT2D eigenvalue weighted by molar-refractivity contribution is -0.161. The van der Waals surface area contributed by atoms with Gasteiger partial charge in [-0.2, -0.15) is 0 Å². The molecule has 0 aliphatic heterocycles. The van der Waals surface area contributed by atoms with Crippen LogP contribution >= 0.6 is 15.6 Å². The van der Waals surface area contributed by atoms with Crippen LogP contribution in [0.5, 0.6) is 0 Å². The second-order valence-corrected chi connectivity index (χ2v) is 27.6. The maximum atomic E-state index is 13.0. The zero-order valence-electron chi connectivity index (χ0n) is 55.4. The molecule has 0 bridgehead atoms. The Morgan fingerprint density at radius 2 is 0.535 bits per heavy atom. The van der Waals surface area contributed by atoms with Crippen LogP contribution in [0.3, 0.4) is 0 Å². The van der Waals surface area contributed by atoms with Gasteiger partial charge in [0.05, 0.1) is 26.4 Å². The fraction of sp³-hybridized carbons (Fsp3) is 0.940. The summed E-state index contributed by atoms with van der Waals surface area (Å²) in [6.07, 6.45) is 45.8. The number of esters is 4. The van der Waals surface area contributed by atoms with E-state index in [1.807, 2.05) is 0 Å². The van der Waals surface area contributed by atoms with Crippen molar-refractivity contribution in [2.24, 2.45) is 5.92 Å². The van der Waals surface area contributed by atoms with Crippen LogP contribution in [0.1, 0.15) is 343 Å². The first-order chi connectivity index (χ1) is 41.5. The van der Waals surface area contributed by atoms with Gasteiger partial charge in [-0.1, -0.05) is 291 Å². The molecule has 0 spiro atoms. The highest BCUT2D eigenvalue weighted by Crippen LogP contribution is 2.45. The Morgan fingerprint density at radius 3 is 0.791 bits per heavy atom. The van der Waals surface area contributed by atoms with E-state index >= 15 is 0 Å². The third kappa shape index (κ3) is 60.9. The quantitative estimate of drug-likeness (QED) is 0.0222. The van der Waals surface area contributed by atoms with Gasteiger partial charge in [0.15, 0.2) is 12.2 Å². The molecule has 510 valence electrons. The zero-order chi connectivity index (χ0) is 63.5. The van der Waals surface area contributed by atoms with Crippen LogP contribution in [-0.4, -0.2) is 96.7 Å². The lowest BCUT2D eigenvalue weighted by atomic mass is 10.0. The second-order valence-electron chi connectivity index (χ2n) is 24.7. The fourth-order valence-corrected chi connectivity index (χ4v) is 11.7. The van der Waals surface area contributed by atoms with Crippen LogP contribution in [0.2, 0.25) is 0 Å². The van der Waals surface area contributed by atoms with Crippen LogP contribution in [0.15, 0.2) is 0 Å². The Bertz CT molecular complexity index is 1670.